The summed E-state index contributed by atoms with van der Waals surface area (Å²) in [6.07, 6.45) is 2.53. The highest BCUT2D eigenvalue weighted by molar-refractivity contribution is 5.92. The minimum atomic E-state index is -3.01. The summed E-state index contributed by atoms with van der Waals surface area (Å²) in [6, 6.07) is 7.62. The number of alkyl halides is 2. The molecule has 1 heterocycles. The van der Waals surface area contributed by atoms with Crippen LogP contribution < -0.4 is 14.9 Å². The van der Waals surface area contributed by atoms with Gasteiger partial charge in [-0.3, -0.25) is 4.79 Å². The first-order chi connectivity index (χ1) is 11.1. The third-order valence-corrected chi connectivity index (χ3v) is 2.63. The summed E-state index contributed by atoms with van der Waals surface area (Å²) < 4.78 is 39.7. The maximum atomic E-state index is 12.6. The highest BCUT2D eigenvalue weighted by Gasteiger charge is 2.15. The molecular weight excluding hydrogens is 310 g/mol. The lowest BCUT2D eigenvalue weighted by Gasteiger charge is -2.13. The van der Waals surface area contributed by atoms with Crippen LogP contribution in [0, 0.1) is 0 Å². The van der Waals surface area contributed by atoms with Gasteiger partial charge >= 0.3 is 12.5 Å². The molecule has 1 aromatic carbocycles. The van der Waals surface area contributed by atoms with E-state index >= 15 is 0 Å². The largest absolute Gasteiger partial charge is 0.490 e. The van der Waals surface area contributed by atoms with E-state index in [-0.39, 0.29) is 29.4 Å². The molecule has 0 unspecified atom stereocenters. The number of furan rings is 1. The van der Waals surface area contributed by atoms with Crippen LogP contribution in [-0.4, -0.2) is 25.3 Å². The summed E-state index contributed by atoms with van der Waals surface area (Å²) in [4.78, 5) is 11.6. The molecule has 0 fully saturated rings. The predicted octanol–water partition coefficient (Wildman–Crippen LogP) is 3.04. The van der Waals surface area contributed by atoms with Crippen LogP contribution in [-0.2, 0) is 0 Å². The molecule has 0 aliphatic carbocycles. The average Bonchev–Trinajstić information content (AvgIpc) is 3.04. The van der Waals surface area contributed by atoms with Gasteiger partial charge in [-0.1, -0.05) is 6.07 Å². The van der Waals surface area contributed by atoms with Gasteiger partial charge in [-0.25, -0.2) is 5.43 Å². The van der Waals surface area contributed by atoms with Crippen molar-refractivity contribution in [3.8, 4) is 11.5 Å². The molecule has 0 saturated heterocycles. The number of para-hydroxylation sites is 1. The van der Waals surface area contributed by atoms with Gasteiger partial charge in [0, 0.05) is 5.56 Å². The zero-order valence-corrected chi connectivity index (χ0v) is 12.2. The summed E-state index contributed by atoms with van der Waals surface area (Å²) in [7, 11) is 0. The van der Waals surface area contributed by atoms with Crippen molar-refractivity contribution in [2.45, 2.75) is 13.5 Å². The normalized spacial score (nSPS) is 11.0. The van der Waals surface area contributed by atoms with Gasteiger partial charge in [0.15, 0.2) is 17.3 Å². The van der Waals surface area contributed by atoms with Crippen molar-refractivity contribution in [1.82, 2.24) is 5.43 Å². The minimum Gasteiger partial charge on any atom is -0.490 e. The third kappa shape index (κ3) is 4.53. The topological polar surface area (TPSA) is 73.1 Å². The molecule has 0 radical (unpaired) electrons. The second-order valence-electron chi connectivity index (χ2n) is 4.16. The molecule has 0 bridgehead atoms. The molecule has 0 saturated carbocycles. The average molecular weight is 324 g/mol. The van der Waals surface area contributed by atoms with Crippen LogP contribution in [0.4, 0.5) is 8.78 Å². The van der Waals surface area contributed by atoms with Gasteiger partial charge in [0.1, 0.15) is 0 Å². The zero-order chi connectivity index (χ0) is 16.7. The molecule has 0 spiro atoms. The Labute approximate surface area is 130 Å². The Morgan fingerprint density at radius 2 is 2.22 bits per heavy atom. The van der Waals surface area contributed by atoms with E-state index in [9.17, 15) is 13.6 Å². The Kier molecular flexibility index (Phi) is 5.67. The van der Waals surface area contributed by atoms with Crippen LogP contribution in [0.2, 0.25) is 0 Å². The molecule has 23 heavy (non-hydrogen) atoms. The van der Waals surface area contributed by atoms with E-state index in [2.05, 4.69) is 15.3 Å². The molecule has 0 aliphatic heterocycles. The molecule has 0 aliphatic rings. The fraction of sp³-hybridized carbons (Fsp3) is 0.200. The Balaban J connectivity index is 2.16. The Bertz CT molecular complexity index is 672. The second-order valence-corrected chi connectivity index (χ2v) is 4.16. The van der Waals surface area contributed by atoms with Gasteiger partial charge in [0.2, 0.25) is 0 Å². The number of nitrogens with one attached hydrogen (secondary N) is 1. The van der Waals surface area contributed by atoms with Gasteiger partial charge < -0.3 is 13.9 Å². The summed E-state index contributed by atoms with van der Waals surface area (Å²) in [6.45, 7) is -1.01. The lowest BCUT2D eigenvalue weighted by molar-refractivity contribution is -0.0515. The van der Waals surface area contributed by atoms with E-state index in [1.807, 2.05) is 0 Å². The number of hydrogen-bond donors (Lipinski definition) is 1. The number of ether oxygens (including phenoxy) is 2. The van der Waals surface area contributed by atoms with E-state index < -0.39 is 12.5 Å². The molecule has 0 atom stereocenters. The van der Waals surface area contributed by atoms with Crippen LogP contribution in [0.1, 0.15) is 23.0 Å². The highest BCUT2D eigenvalue weighted by Crippen LogP contribution is 2.31. The van der Waals surface area contributed by atoms with Gasteiger partial charge in [0.25, 0.3) is 0 Å². The molecule has 1 N–H and O–H groups in total. The lowest BCUT2D eigenvalue weighted by Crippen LogP contribution is -2.17. The summed E-state index contributed by atoms with van der Waals surface area (Å²) >= 11 is 0. The van der Waals surface area contributed by atoms with Gasteiger partial charge in [-0.2, -0.15) is 13.9 Å². The van der Waals surface area contributed by atoms with E-state index in [4.69, 9.17) is 9.15 Å². The molecule has 8 heteroatoms. The first-order valence-electron chi connectivity index (χ1n) is 6.69. The van der Waals surface area contributed by atoms with Crippen LogP contribution in [0.5, 0.6) is 11.5 Å². The molecule has 1 amide bonds. The van der Waals surface area contributed by atoms with Crippen molar-refractivity contribution in [1.29, 1.82) is 0 Å². The Morgan fingerprint density at radius 3 is 2.87 bits per heavy atom. The molecule has 2 rings (SSSR count). The fourth-order valence-corrected chi connectivity index (χ4v) is 1.74. The SMILES string of the molecule is CCOc1cccc(/C=N\NC(=O)c2ccco2)c1OC(F)F. The van der Waals surface area contributed by atoms with Gasteiger partial charge in [-0.05, 0) is 31.2 Å². The molecule has 122 valence electrons. The number of hydrogen-bond acceptors (Lipinski definition) is 5. The smallest absolute Gasteiger partial charge is 0.387 e. The number of halogens is 2. The third-order valence-electron chi connectivity index (χ3n) is 2.63. The van der Waals surface area contributed by atoms with Gasteiger partial charge in [-0.15, -0.1) is 0 Å². The number of nitrogens with zero attached hydrogens (tertiary/aromatic N) is 1. The van der Waals surface area contributed by atoms with Crippen LogP contribution in [0.15, 0.2) is 46.1 Å². The van der Waals surface area contributed by atoms with Crippen molar-refractivity contribution in [2.75, 3.05) is 6.61 Å². The van der Waals surface area contributed by atoms with E-state index in [1.165, 1.54) is 30.7 Å². The quantitative estimate of drug-likeness (QED) is 0.627. The first-order valence-corrected chi connectivity index (χ1v) is 6.69. The standard InChI is InChI=1S/C15H14F2N2O4/c1-2-21-11-6-3-5-10(13(11)23-15(16)17)9-18-19-14(20)12-7-4-8-22-12/h3-9,15H,2H2,1H3,(H,19,20)/b18-9-. The van der Waals surface area contributed by atoms with Crippen molar-refractivity contribution in [2.24, 2.45) is 5.10 Å². The summed E-state index contributed by atoms with van der Waals surface area (Å²) in [5.41, 5.74) is 2.45. The monoisotopic (exact) mass is 324 g/mol. The molecular formula is C15H14F2N2O4. The fourth-order valence-electron chi connectivity index (χ4n) is 1.74. The number of amides is 1. The maximum absolute atomic E-state index is 12.6. The Hall–Kier alpha value is -2.90. The van der Waals surface area contributed by atoms with Crippen LogP contribution in [0.25, 0.3) is 0 Å². The molecule has 6 nitrogen and oxygen atoms in total. The number of carbonyl (C=O) groups is 1. The van der Waals surface area contributed by atoms with E-state index in [1.54, 1.807) is 19.1 Å². The number of carbonyl (C=O) groups excluding carboxylic acids is 1. The Morgan fingerprint density at radius 1 is 1.39 bits per heavy atom. The number of hydrazone groups is 1. The van der Waals surface area contributed by atoms with Crippen molar-refractivity contribution in [3.05, 3.63) is 47.9 Å². The lowest BCUT2D eigenvalue weighted by atomic mass is 10.2. The summed E-state index contributed by atoms with van der Waals surface area (Å²) in [5.74, 6) is -0.479. The second kappa shape index (κ2) is 7.92. The van der Waals surface area contributed by atoms with Gasteiger partial charge in [0.05, 0.1) is 19.1 Å². The van der Waals surface area contributed by atoms with Crippen LogP contribution in [0.3, 0.4) is 0 Å². The van der Waals surface area contributed by atoms with Crippen LogP contribution >= 0.6 is 0 Å². The van der Waals surface area contributed by atoms with E-state index in [0.29, 0.717) is 0 Å². The molecule has 1 aromatic heterocycles. The maximum Gasteiger partial charge on any atom is 0.387 e. The van der Waals surface area contributed by atoms with Crippen molar-refractivity contribution in [3.63, 3.8) is 0 Å². The van der Waals surface area contributed by atoms with Crippen molar-refractivity contribution >= 4 is 12.1 Å². The zero-order valence-electron chi connectivity index (χ0n) is 12.2. The minimum absolute atomic E-state index is 0.0780. The number of rotatable bonds is 7. The van der Waals surface area contributed by atoms with Crippen molar-refractivity contribution < 1.29 is 27.5 Å². The highest BCUT2D eigenvalue weighted by atomic mass is 19.3. The number of benzene rings is 1. The molecule has 2 aromatic rings. The summed E-state index contributed by atoms with van der Waals surface area (Å²) in [5, 5.41) is 3.70. The van der Waals surface area contributed by atoms with E-state index in [0.717, 1.165) is 0 Å². The predicted molar refractivity (Wildman–Crippen MR) is 78.0 cm³/mol. The first kappa shape index (κ1) is 16.5.